The van der Waals surface area contributed by atoms with Gasteiger partial charge in [0.15, 0.2) is 0 Å². The van der Waals surface area contributed by atoms with Gasteiger partial charge in [-0.1, -0.05) is 341 Å². The first kappa shape index (κ1) is 73.6. The largest absolute Gasteiger partial charge is 0.466 e. The van der Waals surface area contributed by atoms with Gasteiger partial charge in [-0.2, -0.15) is 0 Å². The van der Waals surface area contributed by atoms with E-state index in [0.717, 1.165) is 38.5 Å². The average Bonchev–Trinajstić information content (AvgIpc) is 3.41. The van der Waals surface area contributed by atoms with E-state index in [0.29, 0.717) is 25.9 Å². The molecule has 0 heterocycles. The van der Waals surface area contributed by atoms with E-state index in [1.165, 1.54) is 321 Å². The fraction of sp³-hybridized carbons (Fsp3) is 0.942. The van der Waals surface area contributed by atoms with Crippen molar-refractivity contribution in [2.24, 2.45) is 0 Å². The van der Waals surface area contributed by atoms with Crippen LogP contribution in [-0.4, -0.2) is 47.4 Å². The molecule has 2 unspecified atom stereocenters. The molecule has 0 bridgehead atoms. The third-order valence-electron chi connectivity index (χ3n) is 16.3. The number of ether oxygens (including phenoxy) is 1. The van der Waals surface area contributed by atoms with Gasteiger partial charge in [-0.05, 0) is 51.4 Å². The van der Waals surface area contributed by atoms with Gasteiger partial charge in [0.1, 0.15) is 0 Å². The van der Waals surface area contributed by atoms with Crippen molar-refractivity contribution in [1.29, 1.82) is 0 Å². The Morgan fingerprint density at radius 1 is 0.360 bits per heavy atom. The second kappa shape index (κ2) is 65.1. The Balaban J connectivity index is 3.32. The Morgan fingerprint density at radius 3 is 0.947 bits per heavy atom. The topological polar surface area (TPSA) is 95.9 Å². The summed E-state index contributed by atoms with van der Waals surface area (Å²) >= 11 is 0. The highest BCUT2D eigenvalue weighted by Gasteiger charge is 2.20. The highest BCUT2D eigenvalue weighted by Crippen LogP contribution is 2.19. The molecular formula is C69H135NO5. The minimum atomic E-state index is -0.661. The zero-order valence-corrected chi connectivity index (χ0v) is 51.1. The maximum absolute atomic E-state index is 12.5. The maximum Gasteiger partial charge on any atom is 0.305 e. The summed E-state index contributed by atoms with van der Waals surface area (Å²) in [7, 11) is 0. The van der Waals surface area contributed by atoms with E-state index in [9.17, 15) is 19.8 Å². The number of nitrogens with one attached hydrogen (secondary N) is 1. The molecule has 3 N–H and O–H groups in total. The van der Waals surface area contributed by atoms with Crippen molar-refractivity contribution in [3.05, 3.63) is 12.2 Å². The molecule has 6 heteroatoms. The van der Waals surface area contributed by atoms with Crippen LogP contribution in [0.4, 0.5) is 0 Å². The number of rotatable bonds is 65. The van der Waals surface area contributed by atoms with Crippen LogP contribution in [0.5, 0.6) is 0 Å². The van der Waals surface area contributed by atoms with Crippen molar-refractivity contribution in [2.45, 2.75) is 405 Å². The second-order valence-electron chi connectivity index (χ2n) is 23.9. The minimum absolute atomic E-state index is 0.0178. The van der Waals surface area contributed by atoms with Crippen LogP contribution in [0.3, 0.4) is 0 Å². The summed E-state index contributed by atoms with van der Waals surface area (Å²) in [6, 6.07) is -0.538. The fourth-order valence-electron chi connectivity index (χ4n) is 11.1. The van der Waals surface area contributed by atoms with E-state index < -0.39 is 12.1 Å². The molecule has 446 valence electrons. The molecule has 0 aromatic rings. The van der Waals surface area contributed by atoms with Crippen molar-refractivity contribution in [3.8, 4) is 0 Å². The van der Waals surface area contributed by atoms with E-state index in [4.69, 9.17) is 4.74 Å². The number of hydrogen-bond acceptors (Lipinski definition) is 5. The second-order valence-corrected chi connectivity index (χ2v) is 23.9. The van der Waals surface area contributed by atoms with Gasteiger partial charge in [0.25, 0.3) is 0 Å². The monoisotopic (exact) mass is 1060 g/mol. The zero-order valence-electron chi connectivity index (χ0n) is 51.1. The number of aliphatic hydroxyl groups excluding tert-OH is 2. The summed E-state index contributed by atoms with van der Waals surface area (Å²) in [6.07, 6.45) is 79.7. The van der Waals surface area contributed by atoms with Crippen molar-refractivity contribution in [2.75, 3.05) is 13.2 Å². The van der Waals surface area contributed by atoms with Gasteiger partial charge in [-0.15, -0.1) is 0 Å². The molecule has 1 amide bonds. The number of carbonyl (C=O) groups is 2. The predicted octanol–water partition coefficient (Wildman–Crippen LogP) is 22.0. The lowest BCUT2D eigenvalue weighted by molar-refractivity contribution is -0.143. The molecule has 2 atom stereocenters. The molecule has 0 saturated heterocycles. The first-order chi connectivity index (χ1) is 37.0. The van der Waals surface area contributed by atoms with Crippen LogP contribution in [-0.2, 0) is 14.3 Å². The van der Waals surface area contributed by atoms with Gasteiger partial charge in [-0.3, -0.25) is 9.59 Å². The van der Waals surface area contributed by atoms with Crippen molar-refractivity contribution in [3.63, 3.8) is 0 Å². The fourth-order valence-corrected chi connectivity index (χ4v) is 11.1. The molecule has 6 nitrogen and oxygen atoms in total. The van der Waals surface area contributed by atoms with Gasteiger partial charge in [0.2, 0.25) is 5.91 Å². The van der Waals surface area contributed by atoms with Crippen LogP contribution >= 0.6 is 0 Å². The molecule has 0 aromatic carbocycles. The Morgan fingerprint density at radius 2 is 0.627 bits per heavy atom. The summed E-state index contributed by atoms with van der Waals surface area (Å²) in [4.78, 5) is 24.6. The standard InChI is InChI=1S/C69H135NO5/c1-3-5-7-9-11-13-15-17-18-19-28-32-35-39-43-47-51-55-59-63-69(74)75-64-60-56-52-48-44-40-36-33-30-27-25-23-21-20-22-24-26-29-31-34-38-42-46-50-54-58-62-68(73)70-66(65-71)67(72)61-57-53-49-45-41-37-16-14-12-10-8-6-4-2/h17-18,66-67,71-72H,3-16,19-65H2,1-2H3,(H,70,73)/b18-17-. The van der Waals surface area contributed by atoms with Gasteiger partial charge in [0.05, 0.1) is 25.4 Å². The van der Waals surface area contributed by atoms with Crippen LogP contribution in [0.15, 0.2) is 12.2 Å². The van der Waals surface area contributed by atoms with E-state index in [1.807, 2.05) is 0 Å². The Hall–Kier alpha value is -1.40. The van der Waals surface area contributed by atoms with Crippen LogP contribution in [0.25, 0.3) is 0 Å². The van der Waals surface area contributed by atoms with Gasteiger partial charge in [-0.25, -0.2) is 0 Å². The maximum atomic E-state index is 12.5. The van der Waals surface area contributed by atoms with Crippen molar-refractivity contribution >= 4 is 11.9 Å². The van der Waals surface area contributed by atoms with Gasteiger partial charge >= 0.3 is 5.97 Å². The molecular weight excluding hydrogens is 923 g/mol. The van der Waals surface area contributed by atoms with Crippen molar-refractivity contribution in [1.82, 2.24) is 5.32 Å². The molecule has 0 saturated carbocycles. The summed E-state index contributed by atoms with van der Waals surface area (Å²) in [5.74, 6) is -0.0126. The molecule has 0 aliphatic heterocycles. The van der Waals surface area contributed by atoms with Crippen LogP contribution in [0, 0.1) is 0 Å². The molecule has 0 rings (SSSR count). The normalized spacial score (nSPS) is 12.5. The summed E-state index contributed by atoms with van der Waals surface area (Å²) in [5.41, 5.74) is 0. The van der Waals surface area contributed by atoms with E-state index in [-0.39, 0.29) is 18.5 Å². The lowest BCUT2D eigenvalue weighted by Crippen LogP contribution is -2.45. The number of carbonyl (C=O) groups excluding carboxylic acids is 2. The van der Waals surface area contributed by atoms with E-state index >= 15 is 0 Å². The number of aliphatic hydroxyl groups is 2. The summed E-state index contributed by atoms with van der Waals surface area (Å²) in [5, 5.41) is 23.3. The lowest BCUT2D eigenvalue weighted by atomic mass is 10.0. The molecule has 0 radical (unpaired) electrons. The summed E-state index contributed by atoms with van der Waals surface area (Å²) < 4.78 is 5.51. The highest BCUT2D eigenvalue weighted by atomic mass is 16.5. The molecule has 0 aliphatic carbocycles. The van der Waals surface area contributed by atoms with Crippen LogP contribution in [0.2, 0.25) is 0 Å². The molecule has 0 spiro atoms. The Labute approximate surface area is 469 Å². The van der Waals surface area contributed by atoms with E-state index in [1.54, 1.807) is 0 Å². The molecule has 75 heavy (non-hydrogen) atoms. The SMILES string of the molecule is CCCCCCCC/C=C\CCCCCCCCCCCC(=O)OCCCCCCCCCCCCCCCCCCCCCCCCCCCCC(=O)NC(CO)C(O)CCCCCCCCCCCCCCC. The average molecular weight is 1060 g/mol. The van der Waals surface area contributed by atoms with Crippen LogP contribution in [0.1, 0.15) is 393 Å². The number of hydrogen-bond donors (Lipinski definition) is 3. The van der Waals surface area contributed by atoms with Crippen LogP contribution < -0.4 is 5.32 Å². The number of esters is 1. The molecule has 0 fully saturated rings. The number of allylic oxidation sites excluding steroid dienone is 2. The predicted molar refractivity (Wildman–Crippen MR) is 329 cm³/mol. The summed E-state index contributed by atoms with van der Waals surface area (Å²) in [6.45, 7) is 4.98. The smallest absolute Gasteiger partial charge is 0.305 e. The van der Waals surface area contributed by atoms with Gasteiger partial charge < -0.3 is 20.3 Å². The Kier molecular flexibility index (Phi) is 63.9. The highest BCUT2D eigenvalue weighted by molar-refractivity contribution is 5.76. The first-order valence-electron chi connectivity index (χ1n) is 34.4. The lowest BCUT2D eigenvalue weighted by Gasteiger charge is -2.22. The quantitative estimate of drug-likeness (QED) is 0.0320. The number of unbranched alkanes of at least 4 members (excludes halogenated alkanes) is 52. The van der Waals surface area contributed by atoms with Crippen molar-refractivity contribution < 1.29 is 24.5 Å². The first-order valence-corrected chi connectivity index (χ1v) is 34.4. The third kappa shape index (κ3) is 61.7. The van der Waals surface area contributed by atoms with E-state index in [2.05, 4.69) is 31.3 Å². The molecule has 0 aliphatic rings. The number of amides is 1. The molecule has 0 aromatic heterocycles. The third-order valence-corrected chi connectivity index (χ3v) is 16.3. The Bertz CT molecular complexity index is 1130. The zero-order chi connectivity index (χ0) is 54.3. The van der Waals surface area contributed by atoms with Gasteiger partial charge in [0, 0.05) is 12.8 Å². The minimum Gasteiger partial charge on any atom is -0.466 e.